The minimum absolute atomic E-state index is 0.0636. The molecule has 1 rings (SSSR count). The molecule has 1 aromatic carbocycles. The average Bonchev–Trinajstić information content (AvgIpc) is 2.45. The van der Waals surface area contributed by atoms with Gasteiger partial charge in [0.1, 0.15) is 5.69 Å². The Bertz CT molecular complexity index is 517. The normalized spacial score (nSPS) is 12.0. The molecule has 0 saturated carbocycles. The molecule has 116 valence electrons. The summed E-state index contributed by atoms with van der Waals surface area (Å²) in [6.45, 7) is 4.38. The predicted molar refractivity (Wildman–Crippen MR) is 80.6 cm³/mol. The molecular weight excluding hydrogens is 274 g/mol. The van der Waals surface area contributed by atoms with E-state index in [2.05, 4.69) is 10.6 Å². The first-order valence-electron chi connectivity index (χ1n) is 6.66. The van der Waals surface area contributed by atoms with Crippen LogP contribution in [0.4, 0.5) is 11.4 Å². The maximum atomic E-state index is 12.2. The Morgan fingerprint density at radius 3 is 2.57 bits per heavy atom. The van der Waals surface area contributed by atoms with Gasteiger partial charge < -0.3 is 15.4 Å². The van der Waals surface area contributed by atoms with Gasteiger partial charge in [0.2, 0.25) is 0 Å². The first-order chi connectivity index (χ1) is 9.90. The Hall–Kier alpha value is -2.15. The van der Waals surface area contributed by atoms with Crippen LogP contribution in [0.1, 0.15) is 24.2 Å². The third-order valence-electron chi connectivity index (χ3n) is 3.19. The van der Waals surface area contributed by atoms with Crippen molar-refractivity contribution in [2.24, 2.45) is 5.92 Å². The van der Waals surface area contributed by atoms with Crippen LogP contribution in [0, 0.1) is 16.0 Å². The Morgan fingerprint density at radius 2 is 2.10 bits per heavy atom. The SMILES string of the molecule is CNc1cc(C(=O)NC(COC)C(C)C)ccc1[N+](=O)[O-]. The van der Waals surface area contributed by atoms with E-state index in [0.29, 0.717) is 17.9 Å². The molecule has 1 aromatic rings. The lowest BCUT2D eigenvalue weighted by atomic mass is 10.0. The fraction of sp³-hybridized carbons (Fsp3) is 0.500. The Kier molecular flexibility index (Phi) is 6.10. The molecular formula is C14H21N3O4. The Balaban J connectivity index is 2.94. The molecule has 0 heterocycles. The zero-order valence-corrected chi connectivity index (χ0v) is 12.7. The molecule has 2 N–H and O–H groups in total. The summed E-state index contributed by atoms with van der Waals surface area (Å²) in [6.07, 6.45) is 0. The summed E-state index contributed by atoms with van der Waals surface area (Å²) in [7, 11) is 3.15. The molecule has 0 radical (unpaired) electrons. The van der Waals surface area contributed by atoms with E-state index in [9.17, 15) is 14.9 Å². The molecule has 1 unspecified atom stereocenters. The highest BCUT2D eigenvalue weighted by atomic mass is 16.6. The van der Waals surface area contributed by atoms with Crippen molar-refractivity contribution < 1.29 is 14.5 Å². The summed E-state index contributed by atoms with van der Waals surface area (Å²) in [4.78, 5) is 22.6. The number of nitro benzene ring substituents is 1. The van der Waals surface area contributed by atoms with E-state index in [1.54, 1.807) is 14.2 Å². The molecule has 0 fully saturated rings. The van der Waals surface area contributed by atoms with E-state index in [-0.39, 0.29) is 23.6 Å². The number of amides is 1. The van der Waals surface area contributed by atoms with Crippen molar-refractivity contribution in [3.05, 3.63) is 33.9 Å². The second-order valence-electron chi connectivity index (χ2n) is 5.02. The molecule has 1 atom stereocenters. The Labute approximate surface area is 123 Å². The number of anilines is 1. The lowest BCUT2D eigenvalue weighted by Gasteiger charge is -2.21. The van der Waals surface area contributed by atoms with Gasteiger partial charge in [0.15, 0.2) is 0 Å². The van der Waals surface area contributed by atoms with Gasteiger partial charge in [0, 0.05) is 25.8 Å². The van der Waals surface area contributed by atoms with Crippen molar-refractivity contribution in [2.75, 3.05) is 26.1 Å². The summed E-state index contributed by atoms with van der Waals surface area (Å²) >= 11 is 0. The summed E-state index contributed by atoms with van der Waals surface area (Å²) in [5.74, 6) is -0.0622. The largest absolute Gasteiger partial charge is 0.383 e. The van der Waals surface area contributed by atoms with Crippen LogP contribution in [-0.2, 0) is 4.74 Å². The quantitative estimate of drug-likeness (QED) is 0.593. The van der Waals surface area contributed by atoms with E-state index in [4.69, 9.17) is 4.74 Å². The lowest BCUT2D eigenvalue weighted by Crippen LogP contribution is -2.41. The number of carbonyl (C=O) groups excluding carboxylic acids is 1. The number of rotatable bonds is 7. The number of carbonyl (C=O) groups is 1. The number of methoxy groups -OCH3 is 1. The van der Waals surface area contributed by atoms with Gasteiger partial charge in [-0.25, -0.2) is 0 Å². The van der Waals surface area contributed by atoms with Crippen molar-refractivity contribution >= 4 is 17.3 Å². The molecule has 21 heavy (non-hydrogen) atoms. The molecule has 0 aliphatic rings. The molecule has 7 heteroatoms. The molecule has 0 spiro atoms. The highest BCUT2D eigenvalue weighted by Crippen LogP contribution is 2.25. The van der Waals surface area contributed by atoms with Crippen LogP contribution in [-0.4, -0.2) is 37.6 Å². The van der Waals surface area contributed by atoms with Crippen LogP contribution in [0.25, 0.3) is 0 Å². The number of nitrogens with one attached hydrogen (secondary N) is 2. The number of nitro groups is 1. The Morgan fingerprint density at radius 1 is 1.43 bits per heavy atom. The highest BCUT2D eigenvalue weighted by Gasteiger charge is 2.19. The molecule has 7 nitrogen and oxygen atoms in total. The van der Waals surface area contributed by atoms with Gasteiger partial charge in [-0.1, -0.05) is 13.8 Å². The topological polar surface area (TPSA) is 93.5 Å². The van der Waals surface area contributed by atoms with Crippen LogP contribution < -0.4 is 10.6 Å². The zero-order valence-electron chi connectivity index (χ0n) is 12.7. The van der Waals surface area contributed by atoms with Gasteiger partial charge in [-0.2, -0.15) is 0 Å². The summed E-state index contributed by atoms with van der Waals surface area (Å²) < 4.78 is 5.08. The van der Waals surface area contributed by atoms with Gasteiger partial charge in [-0.05, 0) is 18.1 Å². The van der Waals surface area contributed by atoms with Gasteiger partial charge in [0.25, 0.3) is 11.6 Å². The molecule has 0 aliphatic heterocycles. The molecule has 1 amide bonds. The number of benzene rings is 1. The minimum Gasteiger partial charge on any atom is -0.383 e. The first kappa shape index (κ1) is 16.9. The standard InChI is InChI=1S/C14H21N3O4/c1-9(2)12(8-21-4)16-14(18)10-5-6-13(17(19)20)11(7-10)15-3/h5-7,9,12,15H,8H2,1-4H3,(H,16,18). The number of ether oxygens (including phenoxy) is 1. The maximum absolute atomic E-state index is 12.2. The number of nitrogens with zero attached hydrogens (tertiary/aromatic N) is 1. The third-order valence-corrected chi connectivity index (χ3v) is 3.19. The van der Waals surface area contributed by atoms with Crippen LogP contribution in [0.2, 0.25) is 0 Å². The van der Waals surface area contributed by atoms with E-state index in [1.807, 2.05) is 13.8 Å². The van der Waals surface area contributed by atoms with Crippen molar-refractivity contribution in [2.45, 2.75) is 19.9 Å². The van der Waals surface area contributed by atoms with Crippen molar-refractivity contribution in [1.82, 2.24) is 5.32 Å². The molecule has 0 bridgehead atoms. The van der Waals surface area contributed by atoms with Crippen LogP contribution in [0.3, 0.4) is 0 Å². The van der Waals surface area contributed by atoms with E-state index < -0.39 is 4.92 Å². The minimum atomic E-state index is -0.491. The molecule has 0 aromatic heterocycles. The molecule has 0 saturated heterocycles. The predicted octanol–water partition coefficient (Wildman–Crippen LogP) is 2.04. The lowest BCUT2D eigenvalue weighted by molar-refractivity contribution is -0.383. The second kappa shape index (κ2) is 7.58. The first-order valence-corrected chi connectivity index (χ1v) is 6.66. The number of hydrogen-bond donors (Lipinski definition) is 2. The third kappa shape index (κ3) is 4.42. The monoisotopic (exact) mass is 295 g/mol. The van der Waals surface area contributed by atoms with Gasteiger partial charge in [-0.15, -0.1) is 0 Å². The van der Waals surface area contributed by atoms with E-state index in [1.165, 1.54) is 18.2 Å². The van der Waals surface area contributed by atoms with Gasteiger partial charge in [-0.3, -0.25) is 14.9 Å². The van der Waals surface area contributed by atoms with Crippen LogP contribution >= 0.6 is 0 Å². The number of hydrogen-bond acceptors (Lipinski definition) is 5. The van der Waals surface area contributed by atoms with Crippen molar-refractivity contribution in [3.8, 4) is 0 Å². The van der Waals surface area contributed by atoms with Crippen LogP contribution in [0.15, 0.2) is 18.2 Å². The van der Waals surface area contributed by atoms with Gasteiger partial charge in [0.05, 0.1) is 17.6 Å². The summed E-state index contributed by atoms with van der Waals surface area (Å²) in [5.41, 5.74) is 0.610. The van der Waals surface area contributed by atoms with Crippen LogP contribution in [0.5, 0.6) is 0 Å². The smallest absolute Gasteiger partial charge is 0.292 e. The van der Waals surface area contributed by atoms with Crippen molar-refractivity contribution in [3.63, 3.8) is 0 Å². The zero-order chi connectivity index (χ0) is 16.0. The van der Waals surface area contributed by atoms with Gasteiger partial charge >= 0.3 is 0 Å². The van der Waals surface area contributed by atoms with E-state index >= 15 is 0 Å². The molecule has 0 aliphatic carbocycles. The summed E-state index contributed by atoms with van der Waals surface area (Å²) in [6, 6.07) is 4.12. The average molecular weight is 295 g/mol. The van der Waals surface area contributed by atoms with E-state index in [0.717, 1.165) is 0 Å². The summed E-state index contributed by atoms with van der Waals surface area (Å²) in [5, 5.41) is 16.5. The highest BCUT2D eigenvalue weighted by molar-refractivity contribution is 5.96. The second-order valence-corrected chi connectivity index (χ2v) is 5.02. The maximum Gasteiger partial charge on any atom is 0.292 e. The fourth-order valence-corrected chi connectivity index (χ4v) is 1.87. The fourth-order valence-electron chi connectivity index (χ4n) is 1.87. The van der Waals surface area contributed by atoms with Crippen molar-refractivity contribution in [1.29, 1.82) is 0 Å².